The number of carbonyl (C=O) groups is 2. The van der Waals surface area contributed by atoms with Gasteiger partial charge in [-0.3, -0.25) is 19.2 Å². The first kappa shape index (κ1) is 33.9. The molecule has 14 heteroatoms. The van der Waals surface area contributed by atoms with Gasteiger partial charge in [0.15, 0.2) is 5.82 Å². The molecular weight excluding hydrogens is 630 g/mol. The summed E-state index contributed by atoms with van der Waals surface area (Å²) >= 11 is 0. The molecular formula is C33H38F2N6O5S. The van der Waals surface area contributed by atoms with Crippen LogP contribution in [0.4, 0.5) is 20.2 Å². The van der Waals surface area contributed by atoms with Crippen LogP contribution < -0.4 is 9.62 Å². The smallest absolute Gasteiger partial charge is 0.320 e. The van der Waals surface area contributed by atoms with Crippen molar-refractivity contribution >= 4 is 44.4 Å². The van der Waals surface area contributed by atoms with Crippen molar-refractivity contribution in [1.82, 2.24) is 19.2 Å². The van der Waals surface area contributed by atoms with Crippen molar-refractivity contribution in [3.63, 3.8) is 0 Å². The van der Waals surface area contributed by atoms with Crippen LogP contribution in [0.3, 0.4) is 0 Å². The Morgan fingerprint density at radius 1 is 1.04 bits per heavy atom. The van der Waals surface area contributed by atoms with Crippen molar-refractivity contribution in [3.8, 4) is 11.1 Å². The fourth-order valence-corrected chi connectivity index (χ4v) is 6.23. The second-order valence-corrected chi connectivity index (χ2v) is 14.1. The average molecular weight is 669 g/mol. The molecule has 0 amide bonds. The van der Waals surface area contributed by atoms with Crippen LogP contribution >= 0.6 is 0 Å². The summed E-state index contributed by atoms with van der Waals surface area (Å²) in [6.07, 6.45) is 2.97. The lowest BCUT2D eigenvalue weighted by Gasteiger charge is -2.36. The fraction of sp³-hybridized carbons (Fsp3) is 0.364. The summed E-state index contributed by atoms with van der Waals surface area (Å²) in [7, 11) is -2.81. The number of ketones is 1. The van der Waals surface area contributed by atoms with Gasteiger partial charge >= 0.3 is 16.2 Å². The summed E-state index contributed by atoms with van der Waals surface area (Å²) in [6, 6.07) is 11.3. The number of nitrogens with one attached hydrogen (secondary N) is 2. The molecule has 2 N–H and O–H groups in total. The number of carbonyl (C=O) groups excluding carboxylic acids is 2. The first-order valence-electron chi connectivity index (χ1n) is 15.2. The van der Waals surface area contributed by atoms with E-state index in [9.17, 15) is 22.4 Å². The monoisotopic (exact) mass is 668 g/mol. The van der Waals surface area contributed by atoms with E-state index < -0.39 is 44.5 Å². The SMILES string of the molecule is CCN(C)S(=O)(=O)Nc1ccc(F)c(C(=O)c2c[nH]c3ncc(-c4ccc(N5CCN(CC(=O)OC(C)(C)C)CC5)cc4)cc23)c1F. The second-order valence-electron chi connectivity index (χ2n) is 12.4. The van der Waals surface area contributed by atoms with Crippen LogP contribution in [0.15, 0.2) is 54.9 Å². The minimum absolute atomic E-state index is 0.0151. The van der Waals surface area contributed by atoms with Gasteiger partial charge < -0.3 is 14.6 Å². The lowest BCUT2D eigenvalue weighted by Crippen LogP contribution is -2.48. The number of aromatic amines is 1. The van der Waals surface area contributed by atoms with Crippen molar-refractivity contribution in [2.24, 2.45) is 0 Å². The Morgan fingerprint density at radius 2 is 1.72 bits per heavy atom. The normalized spacial score (nSPS) is 14.5. The number of ether oxygens (including phenoxy) is 1. The van der Waals surface area contributed by atoms with Crippen LogP contribution in [0.1, 0.15) is 43.6 Å². The quantitative estimate of drug-likeness (QED) is 0.182. The number of anilines is 2. The first-order valence-corrected chi connectivity index (χ1v) is 16.6. The van der Waals surface area contributed by atoms with E-state index in [4.69, 9.17) is 4.74 Å². The number of rotatable bonds is 10. The number of hydrogen-bond acceptors (Lipinski definition) is 8. The minimum atomic E-state index is -4.12. The van der Waals surface area contributed by atoms with Gasteiger partial charge in [0, 0.05) is 74.4 Å². The van der Waals surface area contributed by atoms with Crippen molar-refractivity contribution < 1.29 is 31.5 Å². The van der Waals surface area contributed by atoms with E-state index in [2.05, 4.69) is 24.5 Å². The molecule has 250 valence electrons. The molecule has 0 atom stereocenters. The maximum atomic E-state index is 15.5. The average Bonchev–Trinajstić information content (AvgIpc) is 3.45. The third kappa shape index (κ3) is 7.61. The van der Waals surface area contributed by atoms with Gasteiger partial charge in [0.2, 0.25) is 5.78 Å². The Labute approximate surface area is 272 Å². The third-order valence-corrected chi connectivity index (χ3v) is 9.46. The molecule has 0 unspecified atom stereocenters. The molecule has 1 saturated heterocycles. The summed E-state index contributed by atoms with van der Waals surface area (Å²) < 4.78 is 63.8. The second kappa shape index (κ2) is 13.4. The molecule has 5 rings (SSSR count). The lowest BCUT2D eigenvalue weighted by molar-refractivity contribution is -0.156. The number of aromatic nitrogens is 2. The zero-order valence-electron chi connectivity index (χ0n) is 26.9. The number of benzene rings is 2. The van der Waals surface area contributed by atoms with Gasteiger partial charge in [0.1, 0.15) is 17.1 Å². The van der Waals surface area contributed by atoms with Crippen molar-refractivity contribution in [2.75, 3.05) is 55.9 Å². The zero-order chi connectivity index (χ0) is 34.1. The van der Waals surface area contributed by atoms with Gasteiger partial charge in [-0.05, 0) is 56.7 Å². The number of fused-ring (bicyclic) bond motifs is 1. The Morgan fingerprint density at radius 3 is 2.36 bits per heavy atom. The van der Waals surface area contributed by atoms with Crippen LogP contribution in [0.2, 0.25) is 0 Å². The molecule has 0 saturated carbocycles. The number of piperazine rings is 1. The number of esters is 1. The summed E-state index contributed by atoms with van der Waals surface area (Å²) in [5.41, 5.74) is 0.911. The summed E-state index contributed by atoms with van der Waals surface area (Å²) in [5.74, 6) is -3.64. The minimum Gasteiger partial charge on any atom is -0.459 e. The van der Waals surface area contributed by atoms with E-state index in [1.807, 2.05) is 45.0 Å². The van der Waals surface area contributed by atoms with Gasteiger partial charge in [-0.1, -0.05) is 19.1 Å². The first-order chi connectivity index (χ1) is 22.2. The van der Waals surface area contributed by atoms with Crippen LogP contribution in [0.5, 0.6) is 0 Å². The highest BCUT2D eigenvalue weighted by Gasteiger charge is 2.27. The van der Waals surface area contributed by atoms with E-state index in [0.717, 1.165) is 53.9 Å². The molecule has 47 heavy (non-hydrogen) atoms. The van der Waals surface area contributed by atoms with Crippen LogP contribution in [0.25, 0.3) is 22.2 Å². The maximum absolute atomic E-state index is 15.5. The Kier molecular flexibility index (Phi) is 9.66. The van der Waals surface area contributed by atoms with Gasteiger partial charge in [0.25, 0.3) is 0 Å². The largest absolute Gasteiger partial charge is 0.459 e. The molecule has 0 aliphatic carbocycles. The van der Waals surface area contributed by atoms with Gasteiger partial charge in [-0.15, -0.1) is 0 Å². The number of pyridine rings is 1. The summed E-state index contributed by atoms with van der Waals surface area (Å²) in [4.78, 5) is 37.3. The molecule has 1 aliphatic rings. The fourth-order valence-electron chi connectivity index (χ4n) is 5.30. The van der Waals surface area contributed by atoms with Gasteiger partial charge in [-0.2, -0.15) is 12.7 Å². The number of hydrogen-bond donors (Lipinski definition) is 2. The number of H-pyrrole nitrogens is 1. The van der Waals surface area contributed by atoms with Crippen LogP contribution in [0, 0.1) is 11.6 Å². The Bertz CT molecular complexity index is 1900. The Balaban J connectivity index is 1.33. The van der Waals surface area contributed by atoms with Gasteiger partial charge in [0.05, 0.1) is 17.8 Å². The van der Waals surface area contributed by atoms with E-state index in [1.54, 1.807) is 19.2 Å². The molecule has 0 spiro atoms. The van der Waals surface area contributed by atoms with E-state index in [1.165, 1.54) is 13.2 Å². The van der Waals surface area contributed by atoms with E-state index >= 15 is 4.39 Å². The zero-order valence-corrected chi connectivity index (χ0v) is 27.7. The highest BCUT2D eigenvalue weighted by atomic mass is 32.2. The van der Waals surface area contributed by atoms with Crippen molar-refractivity contribution in [1.29, 1.82) is 0 Å². The van der Waals surface area contributed by atoms with Crippen molar-refractivity contribution in [3.05, 3.63) is 77.6 Å². The molecule has 1 aliphatic heterocycles. The molecule has 0 radical (unpaired) electrons. The number of nitrogens with zero attached hydrogens (tertiary/aromatic N) is 4. The molecule has 0 bridgehead atoms. The van der Waals surface area contributed by atoms with E-state index in [-0.39, 0.29) is 24.6 Å². The summed E-state index contributed by atoms with van der Waals surface area (Å²) in [6.45, 7) is 10.5. The van der Waals surface area contributed by atoms with Crippen LogP contribution in [-0.4, -0.2) is 91.3 Å². The predicted octanol–water partition coefficient (Wildman–Crippen LogP) is 4.81. The topological polar surface area (TPSA) is 128 Å². The highest BCUT2D eigenvalue weighted by molar-refractivity contribution is 7.90. The number of halogens is 2. The highest BCUT2D eigenvalue weighted by Crippen LogP contribution is 2.31. The van der Waals surface area contributed by atoms with Gasteiger partial charge in [-0.25, -0.2) is 13.8 Å². The Hall–Kier alpha value is -4.40. The third-order valence-electron chi connectivity index (χ3n) is 7.90. The molecule has 4 aromatic rings. The lowest BCUT2D eigenvalue weighted by atomic mass is 9.99. The molecule has 11 nitrogen and oxygen atoms in total. The maximum Gasteiger partial charge on any atom is 0.320 e. The predicted molar refractivity (Wildman–Crippen MR) is 177 cm³/mol. The summed E-state index contributed by atoms with van der Waals surface area (Å²) in [5, 5.41) is 0.355. The molecule has 2 aromatic carbocycles. The van der Waals surface area contributed by atoms with Crippen LogP contribution in [-0.2, 0) is 19.7 Å². The van der Waals surface area contributed by atoms with E-state index in [0.29, 0.717) is 16.6 Å². The molecule has 3 heterocycles. The molecule has 1 fully saturated rings. The van der Waals surface area contributed by atoms with Crippen molar-refractivity contribution in [2.45, 2.75) is 33.3 Å². The standard InChI is InChI=1S/C33H38F2N6O5S/c1-6-39(5)47(44,45)38-27-12-11-26(34)29(30(27)35)31(43)25-19-37-32-24(25)17-22(18-36-32)21-7-9-23(10-8-21)41-15-13-40(14-16-41)20-28(42)46-33(2,3)4/h7-12,17-19,38H,6,13-16,20H2,1-5H3,(H,36,37). The molecule has 2 aromatic heterocycles.